The fourth-order valence-electron chi connectivity index (χ4n) is 4.27. The van der Waals surface area contributed by atoms with Crippen LogP contribution in [0.3, 0.4) is 0 Å². The molecule has 1 aliphatic carbocycles. The molecule has 0 spiro atoms. The third kappa shape index (κ3) is 2.22. The number of piperidine rings is 2. The molecule has 5 atom stereocenters. The lowest BCUT2D eigenvalue weighted by Crippen LogP contribution is -2.67. The van der Waals surface area contributed by atoms with Crippen molar-refractivity contribution in [3.63, 3.8) is 0 Å². The van der Waals surface area contributed by atoms with Crippen LogP contribution in [0.5, 0.6) is 0 Å². The first kappa shape index (κ1) is 13.1. The lowest BCUT2D eigenvalue weighted by molar-refractivity contribution is -0.163. The van der Waals surface area contributed by atoms with Crippen molar-refractivity contribution in [1.29, 1.82) is 0 Å². The SMILES string of the molecule is C[C@H]1OC(=O)N2C[C@@H]3C[C@H]1[C@H]2[C@@H](OCc1ccccc1)C3. The number of nitrogens with zero attached hydrogens (tertiary/aromatic N) is 1. The molecule has 1 aromatic carbocycles. The number of carbonyl (C=O) groups is 1. The van der Waals surface area contributed by atoms with E-state index in [0.717, 1.165) is 13.0 Å². The van der Waals surface area contributed by atoms with Crippen molar-refractivity contribution < 1.29 is 14.3 Å². The van der Waals surface area contributed by atoms with Gasteiger partial charge in [0.1, 0.15) is 6.10 Å². The van der Waals surface area contributed by atoms with Crippen molar-refractivity contribution in [2.45, 2.75) is 44.6 Å². The highest BCUT2D eigenvalue weighted by atomic mass is 16.6. The summed E-state index contributed by atoms with van der Waals surface area (Å²) in [6, 6.07) is 10.4. The third-order valence-corrected chi connectivity index (χ3v) is 5.24. The second-order valence-electron chi connectivity index (χ2n) is 6.57. The van der Waals surface area contributed by atoms with Crippen LogP contribution in [0, 0.1) is 11.8 Å². The van der Waals surface area contributed by atoms with E-state index in [0.29, 0.717) is 18.4 Å². The average molecular weight is 287 g/mol. The molecule has 1 aromatic rings. The molecule has 4 fully saturated rings. The minimum atomic E-state index is -0.151. The van der Waals surface area contributed by atoms with Crippen molar-refractivity contribution >= 4 is 6.09 Å². The molecule has 112 valence electrons. The van der Waals surface area contributed by atoms with E-state index in [1.165, 1.54) is 12.0 Å². The van der Waals surface area contributed by atoms with Gasteiger partial charge in [0, 0.05) is 12.5 Å². The zero-order valence-corrected chi connectivity index (χ0v) is 12.3. The molecule has 0 unspecified atom stereocenters. The molecule has 3 heterocycles. The Hall–Kier alpha value is -1.55. The molecule has 3 aliphatic heterocycles. The Balaban J connectivity index is 1.50. The summed E-state index contributed by atoms with van der Waals surface area (Å²) in [6.45, 7) is 3.49. The predicted molar refractivity (Wildman–Crippen MR) is 77.7 cm³/mol. The van der Waals surface area contributed by atoms with Gasteiger partial charge in [0.2, 0.25) is 0 Å². The lowest BCUT2D eigenvalue weighted by atomic mass is 9.68. The highest BCUT2D eigenvalue weighted by Crippen LogP contribution is 2.45. The van der Waals surface area contributed by atoms with Gasteiger partial charge in [-0.3, -0.25) is 0 Å². The van der Waals surface area contributed by atoms with Gasteiger partial charge in [0.25, 0.3) is 0 Å². The van der Waals surface area contributed by atoms with Crippen LogP contribution < -0.4 is 0 Å². The average Bonchev–Trinajstić information content (AvgIpc) is 2.52. The van der Waals surface area contributed by atoms with E-state index in [2.05, 4.69) is 12.1 Å². The van der Waals surface area contributed by atoms with Crippen LogP contribution in [0.25, 0.3) is 0 Å². The normalized spacial score (nSPS) is 37.5. The van der Waals surface area contributed by atoms with Crippen molar-refractivity contribution in [1.82, 2.24) is 4.90 Å². The molecule has 4 bridgehead atoms. The quantitative estimate of drug-likeness (QED) is 0.858. The minimum absolute atomic E-state index is 0.0182. The monoisotopic (exact) mass is 287 g/mol. The Morgan fingerprint density at radius 2 is 2.10 bits per heavy atom. The summed E-state index contributed by atoms with van der Waals surface area (Å²) >= 11 is 0. The highest BCUT2D eigenvalue weighted by molar-refractivity contribution is 5.70. The Labute approximate surface area is 125 Å². The summed E-state index contributed by atoms with van der Waals surface area (Å²) in [5.74, 6) is 0.993. The molecule has 5 rings (SSSR count). The van der Waals surface area contributed by atoms with Crippen molar-refractivity contribution in [2.75, 3.05) is 6.54 Å². The lowest BCUT2D eigenvalue weighted by Gasteiger charge is -2.57. The maximum atomic E-state index is 12.1. The van der Waals surface area contributed by atoms with Crippen molar-refractivity contribution in [3.8, 4) is 0 Å². The van der Waals surface area contributed by atoms with E-state index in [-0.39, 0.29) is 24.3 Å². The summed E-state index contributed by atoms with van der Waals surface area (Å²) in [5, 5.41) is 0. The molecule has 0 radical (unpaired) electrons. The number of amides is 1. The summed E-state index contributed by atoms with van der Waals surface area (Å²) < 4.78 is 11.6. The fraction of sp³-hybridized carbons (Fsp3) is 0.588. The van der Waals surface area contributed by atoms with Gasteiger partial charge in [-0.2, -0.15) is 0 Å². The molecular formula is C17H21NO3. The second-order valence-corrected chi connectivity index (χ2v) is 6.57. The van der Waals surface area contributed by atoms with Crippen LogP contribution in [0.2, 0.25) is 0 Å². The summed E-state index contributed by atoms with van der Waals surface area (Å²) in [5.41, 5.74) is 1.19. The number of carbonyl (C=O) groups excluding carboxylic acids is 1. The minimum Gasteiger partial charge on any atom is -0.446 e. The van der Waals surface area contributed by atoms with Crippen LogP contribution >= 0.6 is 0 Å². The first-order chi connectivity index (χ1) is 10.2. The number of hydrogen-bond donors (Lipinski definition) is 0. The Bertz CT molecular complexity index is 532. The number of rotatable bonds is 3. The molecule has 1 saturated carbocycles. The third-order valence-electron chi connectivity index (χ3n) is 5.24. The molecule has 21 heavy (non-hydrogen) atoms. The zero-order valence-electron chi connectivity index (χ0n) is 12.3. The zero-order chi connectivity index (χ0) is 14.4. The van der Waals surface area contributed by atoms with Crippen molar-refractivity contribution in [3.05, 3.63) is 35.9 Å². The van der Waals surface area contributed by atoms with E-state index < -0.39 is 0 Å². The van der Waals surface area contributed by atoms with Gasteiger partial charge >= 0.3 is 6.09 Å². The first-order valence-electron chi connectivity index (χ1n) is 7.85. The van der Waals surface area contributed by atoms with Crippen LogP contribution in [-0.2, 0) is 16.1 Å². The second kappa shape index (κ2) is 5.02. The van der Waals surface area contributed by atoms with Gasteiger partial charge in [-0.1, -0.05) is 30.3 Å². The van der Waals surface area contributed by atoms with Gasteiger partial charge in [-0.25, -0.2) is 4.79 Å². The van der Waals surface area contributed by atoms with Crippen LogP contribution in [0.15, 0.2) is 30.3 Å². The molecule has 0 aromatic heterocycles. The summed E-state index contributed by atoms with van der Waals surface area (Å²) in [4.78, 5) is 14.0. The maximum absolute atomic E-state index is 12.1. The van der Waals surface area contributed by atoms with Gasteiger partial charge in [-0.05, 0) is 31.2 Å². The van der Waals surface area contributed by atoms with E-state index in [4.69, 9.17) is 9.47 Å². The van der Waals surface area contributed by atoms with E-state index in [1.54, 1.807) is 0 Å². The maximum Gasteiger partial charge on any atom is 0.410 e. The first-order valence-corrected chi connectivity index (χ1v) is 7.85. The number of ether oxygens (including phenoxy) is 2. The number of benzene rings is 1. The largest absolute Gasteiger partial charge is 0.446 e. The van der Waals surface area contributed by atoms with Gasteiger partial charge < -0.3 is 14.4 Å². The molecule has 4 nitrogen and oxygen atoms in total. The molecule has 3 saturated heterocycles. The predicted octanol–water partition coefficient (Wildman–Crippen LogP) is 2.82. The van der Waals surface area contributed by atoms with E-state index in [1.807, 2.05) is 30.0 Å². The molecular weight excluding hydrogens is 266 g/mol. The van der Waals surface area contributed by atoms with Crippen molar-refractivity contribution in [2.24, 2.45) is 11.8 Å². The number of fused-ring (bicyclic) bond motifs is 1. The Morgan fingerprint density at radius 3 is 2.90 bits per heavy atom. The van der Waals surface area contributed by atoms with E-state index in [9.17, 15) is 4.79 Å². The standard InChI is InChI=1S/C17H21NO3/c1-11-14-7-13-8-15(16(14)18(9-13)17(19)21-11)20-10-12-5-3-2-4-6-12/h2-6,11,13-16H,7-10H2,1H3/t11-,13-,14-,15+,16+/m1/s1. The molecule has 1 amide bonds. The smallest absolute Gasteiger partial charge is 0.410 e. The fourth-order valence-corrected chi connectivity index (χ4v) is 4.27. The van der Waals surface area contributed by atoms with Gasteiger partial charge in [0.05, 0.1) is 18.8 Å². The van der Waals surface area contributed by atoms with Crippen LogP contribution in [-0.4, -0.2) is 35.8 Å². The highest BCUT2D eigenvalue weighted by Gasteiger charge is 2.54. The summed E-state index contributed by atoms with van der Waals surface area (Å²) in [6.07, 6.45) is 2.26. The Kier molecular flexibility index (Phi) is 3.14. The van der Waals surface area contributed by atoms with Gasteiger partial charge in [-0.15, -0.1) is 0 Å². The number of cyclic esters (lactones) is 1. The molecule has 0 N–H and O–H groups in total. The van der Waals surface area contributed by atoms with Gasteiger partial charge in [0.15, 0.2) is 0 Å². The number of hydrogen-bond acceptors (Lipinski definition) is 3. The molecule has 4 aliphatic rings. The van der Waals surface area contributed by atoms with Crippen LogP contribution in [0.4, 0.5) is 4.79 Å². The van der Waals surface area contributed by atoms with E-state index >= 15 is 0 Å². The topological polar surface area (TPSA) is 38.8 Å². The van der Waals surface area contributed by atoms with Crippen LogP contribution in [0.1, 0.15) is 25.3 Å². The Morgan fingerprint density at radius 1 is 1.29 bits per heavy atom. The summed E-state index contributed by atoms with van der Waals surface area (Å²) in [7, 11) is 0. The molecule has 4 heteroatoms.